The Morgan fingerprint density at radius 3 is 2.89 bits per heavy atom. The maximum absolute atomic E-state index is 11.5. The summed E-state index contributed by atoms with van der Waals surface area (Å²) >= 11 is 1.54. The molecule has 100 valence electrons. The van der Waals surface area contributed by atoms with Crippen molar-refractivity contribution in [2.24, 2.45) is 0 Å². The maximum atomic E-state index is 11.5. The first-order valence-electron chi connectivity index (χ1n) is 5.40. The molecule has 0 aliphatic carbocycles. The summed E-state index contributed by atoms with van der Waals surface area (Å²) in [7, 11) is 1.48. The number of rotatable bonds is 7. The van der Waals surface area contributed by atoms with Crippen LogP contribution in [0.25, 0.3) is 0 Å². The van der Waals surface area contributed by atoms with Gasteiger partial charge < -0.3 is 20.5 Å². The van der Waals surface area contributed by atoms with Crippen LogP contribution in [0.4, 0.5) is 4.79 Å². The van der Waals surface area contributed by atoms with Gasteiger partial charge in [0, 0.05) is 26.7 Å². The van der Waals surface area contributed by atoms with Gasteiger partial charge in [-0.2, -0.15) is 11.3 Å². The van der Waals surface area contributed by atoms with E-state index in [4.69, 9.17) is 9.84 Å². The number of urea groups is 1. The molecule has 6 nitrogen and oxygen atoms in total. The molecule has 0 aliphatic heterocycles. The number of aliphatic carboxylic acids is 1. The molecule has 1 heterocycles. The molecular formula is C11H16N2O4S. The number of carboxylic acid groups (broad SMARTS) is 1. The number of hydrogen-bond acceptors (Lipinski definition) is 4. The number of carboxylic acids is 1. The van der Waals surface area contributed by atoms with Crippen LogP contribution >= 0.6 is 11.3 Å². The summed E-state index contributed by atoms with van der Waals surface area (Å²) in [4.78, 5) is 22.4. The standard InChI is InChI=1S/C11H16N2O4S/c1-17-4-2-9(10(14)15)13-11(16)12-6-8-3-5-18-7-8/h3,5,7,9H,2,4,6H2,1H3,(H,14,15)(H2,12,13,16). The highest BCUT2D eigenvalue weighted by atomic mass is 32.1. The van der Waals surface area contributed by atoms with E-state index in [1.54, 1.807) is 0 Å². The SMILES string of the molecule is COCCC(NC(=O)NCc1ccsc1)C(=O)O. The van der Waals surface area contributed by atoms with Crippen LogP contribution in [0.2, 0.25) is 0 Å². The van der Waals surface area contributed by atoms with Crippen molar-refractivity contribution in [2.45, 2.75) is 19.0 Å². The number of ether oxygens (including phenoxy) is 1. The molecule has 0 saturated carbocycles. The quantitative estimate of drug-likeness (QED) is 0.692. The highest BCUT2D eigenvalue weighted by molar-refractivity contribution is 7.07. The number of carbonyl (C=O) groups excluding carboxylic acids is 1. The highest BCUT2D eigenvalue weighted by Gasteiger charge is 2.19. The zero-order chi connectivity index (χ0) is 13.4. The van der Waals surface area contributed by atoms with E-state index in [0.717, 1.165) is 5.56 Å². The van der Waals surface area contributed by atoms with Gasteiger partial charge in [0.15, 0.2) is 0 Å². The third kappa shape index (κ3) is 5.15. The third-order valence-electron chi connectivity index (χ3n) is 2.25. The molecule has 1 aromatic heterocycles. The van der Waals surface area contributed by atoms with Gasteiger partial charge in [-0.1, -0.05) is 0 Å². The molecule has 0 fully saturated rings. The lowest BCUT2D eigenvalue weighted by molar-refractivity contribution is -0.139. The van der Waals surface area contributed by atoms with Crippen LogP contribution in [-0.4, -0.2) is 36.9 Å². The largest absolute Gasteiger partial charge is 0.480 e. The van der Waals surface area contributed by atoms with Gasteiger partial charge in [-0.05, 0) is 22.4 Å². The molecule has 0 aromatic carbocycles. The first kappa shape index (κ1) is 14.5. The molecule has 0 radical (unpaired) electrons. The fourth-order valence-corrected chi connectivity index (χ4v) is 1.95. The Morgan fingerprint density at radius 2 is 2.33 bits per heavy atom. The molecule has 0 bridgehead atoms. The Labute approximate surface area is 109 Å². The molecule has 1 aromatic rings. The molecule has 3 N–H and O–H groups in total. The minimum atomic E-state index is -1.07. The number of hydrogen-bond donors (Lipinski definition) is 3. The highest BCUT2D eigenvalue weighted by Crippen LogP contribution is 2.04. The van der Waals surface area contributed by atoms with E-state index in [1.807, 2.05) is 16.8 Å². The first-order chi connectivity index (χ1) is 8.63. The van der Waals surface area contributed by atoms with E-state index in [1.165, 1.54) is 18.4 Å². The van der Waals surface area contributed by atoms with Gasteiger partial charge in [0.2, 0.25) is 0 Å². The van der Waals surface area contributed by atoms with Crippen LogP contribution in [0.5, 0.6) is 0 Å². The zero-order valence-corrected chi connectivity index (χ0v) is 10.8. The molecule has 2 amide bonds. The molecule has 0 spiro atoms. The Hall–Kier alpha value is -1.60. The zero-order valence-electron chi connectivity index (χ0n) is 10.0. The van der Waals surface area contributed by atoms with Crippen LogP contribution < -0.4 is 10.6 Å². The summed E-state index contributed by atoms with van der Waals surface area (Å²) in [6.45, 7) is 0.660. The van der Waals surface area contributed by atoms with E-state index in [0.29, 0.717) is 6.54 Å². The number of carbonyl (C=O) groups is 2. The van der Waals surface area contributed by atoms with Gasteiger partial charge in [-0.25, -0.2) is 9.59 Å². The van der Waals surface area contributed by atoms with Crippen LogP contribution in [0.3, 0.4) is 0 Å². The summed E-state index contributed by atoms with van der Waals surface area (Å²) in [5, 5.41) is 17.7. The van der Waals surface area contributed by atoms with Gasteiger partial charge in [-0.15, -0.1) is 0 Å². The Kier molecular flexibility index (Phi) is 6.16. The van der Waals surface area contributed by atoms with Gasteiger partial charge in [0.25, 0.3) is 0 Å². The van der Waals surface area contributed by atoms with Crippen LogP contribution in [-0.2, 0) is 16.1 Å². The lowest BCUT2D eigenvalue weighted by Crippen LogP contribution is -2.46. The average Bonchev–Trinajstić information content (AvgIpc) is 2.84. The molecule has 0 aliphatic rings. The van der Waals surface area contributed by atoms with E-state index in [9.17, 15) is 9.59 Å². The summed E-state index contributed by atoms with van der Waals surface area (Å²) in [6, 6.07) is 0.460. The fourth-order valence-electron chi connectivity index (χ4n) is 1.28. The molecule has 1 unspecified atom stereocenters. The summed E-state index contributed by atoms with van der Waals surface area (Å²) in [6.07, 6.45) is 0.234. The second-order valence-electron chi connectivity index (χ2n) is 3.63. The first-order valence-corrected chi connectivity index (χ1v) is 6.35. The van der Waals surface area contributed by atoms with Gasteiger partial charge in [0.05, 0.1) is 0 Å². The van der Waals surface area contributed by atoms with Gasteiger partial charge in [-0.3, -0.25) is 0 Å². The molecule has 0 saturated heterocycles. The van der Waals surface area contributed by atoms with E-state index >= 15 is 0 Å². The number of amides is 2. The summed E-state index contributed by atoms with van der Waals surface area (Å²) in [5.74, 6) is -1.07. The topological polar surface area (TPSA) is 87.7 Å². The van der Waals surface area contributed by atoms with Crippen molar-refractivity contribution in [2.75, 3.05) is 13.7 Å². The number of nitrogens with one attached hydrogen (secondary N) is 2. The lowest BCUT2D eigenvalue weighted by atomic mass is 10.2. The normalized spacial score (nSPS) is 11.8. The summed E-state index contributed by atoms with van der Waals surface area (Å²) < 4.78 is 4.79. The van der Waals surface area contributed by atoms with Crippen molar-refractivity contribution in [1.29, 1.82) is 0 Å². The van der Waals surface area contributed by atoms with Crippen molar-refractivity contribution < 1.29 is 19.4 Å². The minimum absolute atomic E-state index is 0.234. The monoisotopic (exact) mass is 272 g/mol. The maximum Gasteiger partial charge on any atom is 0.326 e. The lowest BCUT2D eigenvalue weighted by Gasteiger charge is -2.14. The smallest absolute Gasteiger partial charge is 0.326 e. The average molecular weight is 272 g/mol. The van der Waals surface area contributed by atoms with Gasteiger partial charge in [0.1, 0.15) is 6.04 Å². The summed E-state index contributed by atoms with van der Waals surface area (Å²) in [5.41, 5.74) is 0.985. The molecule has 18 heavy (non-hydrogen) atoms. The second kappa shape index (κ2) is 7.67. The van der Waals surface area contributed by atoms with Crippen molar-refractivity contribution in [3.8, 4) is 0 Å². The number of thiophene rings is 1. The van der Waals surface area contributed by atoms with Crippen molar-refractivity contribution in [3.05, 3.63) is 22.4 Å². The Balaban J connectivity index is 2.34. The molecule has 7 heteroatoms. The Morgan fingerprint density at radius 1 is 1.56 bits per heavy atom. The fraction of sp³-hybridized carbons (Fsp3) is 0.455. The predicted molar refractivity (Wildman–Crippen MR) is 67.6 cm³/mol. The predicted octanol–water partition coefficient (Wildman–Crippen LogP) is 1.04. The Bertz CT molecular complexity index is 380. The van der Waals surface area contributed by atoms with Crippen LogP contribution in [0.15, 0.2) is 16.8 Å². The molecule has 1 rings (SSSR count). The third-order valence-corrected chi connectivity index (χ3v) is 2.98. The van der Waals surface area contributed by atoms with E-state index < -0.39 is 18.0 Å². The number of methoxy groups -OCH3 is 1. The van der Waals surface area contributed by atoms with Crippen LogP contribution in [0, 0.1) is 0 Å². The van der Waals surface area contributed by atoms with E-state index in [-0.39, 0.29) is 13.0 Å². The molecular weight excluding hydrogens is 256 g/mol. The van der Waals surface area contributed by atoms with Gasteiger partial charge >= 0.3 is 12.0 Å². The molecule has 1 atom stereocenters. The van der Waals surface area contributed by atoms with Crippen molar-refractivity contribution >= 4 is 23.3 Å². The minimum Gasteiger partial charge on any atom is -0.480 e. The van der Waals surface area contributed by atoms with Crippen molar-refractivity contribution in [3.63, 3.8) is 0 Å². The van der Waals surface area contributed by atoms with Crippen molar-refractivity contribution in [1.82, 2.24) is 10.6 Å². The van der Waals surface area contributed by atoms with E-state index in [2.05, 4.69) is 10.6 Å². The second-order valence-corrected chi connectivity index (χ2v) is 4.41. The van der Waals surface area contributed by atoms with Crippen LogP contribution in [0.1, 0.15) is 12.0 Å².